The summed E-state index contributed by atoms with van der Waals surface area (Å²) >= 11 is 0. The van der Waals surface area contributed by atoms with E-state index in [1.807, 2.05) is 49.4 Å². The molecule has 2 N–H and O–H groups in total. The van der Waals surface area contributed by atoms with E-state index >= 15 is 0 Å². The number of hydrogen-bond acceptors (Lipinski definition) is 3. The summed E-state index contributed by atoms with van der Waals surface area (Å²) in [6.07, 6.45) is 3.96. The average Bonchev–Trinajstić information content (AvgIpc) is 3.35. The molecule has 5 heteroatoms. The summed E-state index contributed by atoms with van der Waals surface area (Å²) < 4.78 is 5.58. The van der Waals surface area contributed by atoms with Gasteiger partial charge in [-0.05, 0) is 62.4 Å². The molecule has 0 spiro atoms. The van der Waals surface area contributed by atoms with Crippen molar-refractivity contribution >= 4 is 17.5 Å². The zero-order valence-electron chi connectivity index (χ0n) is 16.2. The van der Waals surface area contributed by atoms with Gasteiger partial charge in [0.15, 0.2) is 0 Å². The van der Waals surface area contributed by atoms with Crippen molar-refractivity contribution in [3.8, 4) is 0 Å². The van der Waals surface area contributed by atoms with Gasteiger partial charge in [-0.25, -0.2) is 0 Å². The Morgan fingerprint density at radius 1 is 1.14 bits per heavy atom. The van der Waals surface area contributed by atoms with Crippen LogP contribution in [-0.2, 0) is 14.9 Å². The summed E-state index contributed by atoms with van der Waals surface area (Å²) in [4.78, 5) is 25.1. The largest absolute Gasteiger partial charge is 0.376 e. The molecular formula is C23H26N2O3. The molecule has 1 aliphatic heterocycles. The number of amides is 2. The Bertz CT molecular complexity index is 866. The second-order valence-electron chi connectivity index (χ2n) is 7.83. The van der Waals surface area contributed by atoms with Crippen molar-refractivity contribution in [2.24, 2.45) is 0 Å². The van der Waals surface area contributed by atoms with Gasteiger partial charge in [-0.2, -0.15) is 0 Å². The third kappa shape index (κ3) is 3.94. The van der Waals surface area contributed by atoms with Crippen molar-refractivity contribution in [3.63, 3.8) is 0 Å². The highest BCUT2D eigenvalue weighted by atomic mass is 16.5. The summed E-state index contributed by atoms with van der Waals surface area (Å²) in [6.45, 7) is 3.34. The van der Waals surface area contributed by atoms with Gasteiger partial charge in [0.05, 0.1) is 11.5 Å². The Kier molecular flexibility index (Phi) is 5.18. The number of benzene rings is 2. The molecular weight excluding hydrogens is 352 g/mol. The lowest BCUT2D eigenvalue weighted by atomic mass is 9.94. The second kappa shape index (κ2) is 7.76. The van der Waals surface area contributed by atoms with Crippen molar-refractivity contribution in [2.45, 2.75) is 44.1 Å². The molecule has 2 aromatic carbocycles. The molecule has 1 atom stereocenters. The molecule has 2 aromatic rings. The third-order valence-electron chi connectivity index (χ3n) is 5.67. The minimum absolute atomic E-state index is 0.0829. The molecule has 2 fully saturated rings. The molecule has 1 heterocycles. The maximum Gasteiger partial charge on any atom is 0.255 e. The topological polar surface area (TPSA) is 67.4 Å². The predicted octanol–water partition coefficient (Wildman–Crippen LogP) is 3.57. The van der Waals surface area contributed by atoms with Gasteiger partial charge in [0.25, 0.3) is 5.91 Å². The number of anilines is 1. The predicted molar refractivity (Wildman–Crippen MR) is 108 cm³/mol. The van der Waals surface area contributed by atoms with Crippen LogP contribution < -0.4 is 10.6 Å². The minimum atomic E-state index is -0.419. The van der Waals surface area contributed by atoms with E-state index in [1.165, 1.54) is 0 Å². The van der Waals surface area contributed by atoms with Crippen LogP contribution in [0.25, 0.3) is 0 Å². The van der Waals surface area contributed by atoms with Crippen molar-refractivity contribution in [2.75, 3.05) is 18.5 Å². The first-order valence-electron chi connectivity index (χ1n) is 9.95. The number of rotatable bonds is 6. The van der Waals surface area contributed by atoms with Gasteiger partial charge in [0.2, 0.25) is 5.91 Å². The molecule has 2 aliphatic rings. The molecule has 2 amide bonds. The standard InChI is InChI=1S/C23H26N2O3/c1-16-4-2-5-17(14-16)21(26)25-19-9-7-18(8-10-19)23(11-12-23)22(27)24-15-20-6-3-13-28-20/h2,4-5,7-10,14,20H,3,6,11-13,15H2,1H3,(H,24,27)(H,25,26)/t20-/m1/s1. The molecule has 0 radical (unpaired) electrons. The Labute approximate surface area is 165 Å². The lowest BCUT2D eigenvalue weighted by Crippen LogP contribution is -2.39. The maximum atomic E-state index is 12.7. The van der Waals surface area contributed by atoms with E-state index in [0.29, 0.717) is 12.1 Å². The number of ether oxygens (including phenoxy) is 1. The van der Waals surface area contributed by atoms with Crippen molar-refractivity contribution in [3.05, 3.63) is 65.2 Å². The fourth-order valence-electron chi connectivity index (χ4n) is 3.82. The van der Waals surface area contributed by atoms with Crippen LogP contribution in [0.3, 0.4) is 0 Å². The quantitative estimate of drug-likeness (QED) is 0.807. The first-order chi connectivity index (χ1) is 13.6. The van der Waals surface area contributed by atoms with Gasteiger partial charge in [0.1, 0.15) is 0 Å². The van der Waals surface area contributed by atoms with Gasteiger partial charge in [-0.15, -0.1) is 0 Å². The van der Waals surface area contributed by atoms with Crippen LogP contribution >= 0.6 is 0 Å². The van der Waals surface area contributed by atoms with Gasteiger partial charge in [-0.1, -0.05) is 29.8 Å². The monoisotopic (exact) mass is 378 g/mol. The molecule has 146 valence electrons. The molecule has 0 unspecified atom stereocenters. The Morgan fingerprint density at radius 2 is 1.93 bits per heavy atom. The van der Waals surface area contributed by atoms with Crippen LogP contribution in [0.2, 0.25) is 0 Å². The van der Waals surface area contributed by atoms with Crippen LogP contribution in [0, 0.1) is 6.92 Å². The minimum Gasteiger partial charge on any atom is -0.376 e. The SMILES string of the molecule is Cc1cccc(C(=O)Nc2ccc(C3(C(=O)NC[C@H]4CCCO4)CC3)cc2)c1. The lowest BCUT2D eigenvalue weighted by Gasteiger charge is -2.18. The summed E-state index contributed by atoms with van der Waals surface area (Å²) in [5.74, 6) is -0.0496. The van der Waals surface area contributed by atoms with Gasteiger partial charge < -0.3 is 15.4 Å². The number of carbonyl (C=O) groups is 2. The van der Waals surface area contributed by atoms with Crippen molar-refractivity contribution in [1.82, 2.24) is 5.32 Å². The van der Waals surface area contributed by atoms with E-state index < -0.39 is 5.41 Å². The average molecular weight is 378 g/mol. The van der Waals surface area contributed by atoms with Crippen molar-refractivity contribution < 1.29 is 14.3 Å². The highest BCUT2D eigenvalue weighted by Gasteiger charge is 2.51. The van der Waals surface area contributed by atoms with Gasteiger partial charge in [-0.3, -0.25) is 9.59 Å². The van der Waals surface area contributed by atoms with E-state index in [4.69, 9.17) is 4.74 Å². The molecule has 4 rings (SSSR count). The highest BCUT2D eigenvalue weighted by molar-refractivity contribution is 6.04. The Hall–Kier alpha value is -2.66. The lowest BCUT2D eigenvalue weighted by molar-refractivity contribution is -0.124. The fourth-order valence-corrected chi connectivity index (χ4v) is 3.82. The number of nitrogens with one attached hydrogen (secondary N) is 2. The van der Waals surface area contributed by atoms with Crippen molar-refractivity contribution in [1.29, 1.82) is 0 Å². The van der Waals surface area contributed by atoms with Crippen LogP contribution in [0.5, 0.6) is 0 Å². The first-order valence-corrected chi connectivity index (χ1v) is 9.95. The van der Waals surface area contributed by atoms with Crippen LogP contribution in [0.1, 0.15) is 47.2 Å². The summed E-state index contributed by atoms with van der Waals surface area (Å²) in [5, 5.41) is 5.99. The normalized spacial score (nSPS) is 19.8. The summed E-state index contributed by atoms with van der Waals surface area (Å²) in [7, 11) is 0. The fraction of sp³-hybridized carbons (Fsp3) is 0.391. The third-order valence-corrected chi connectivity index (χ3v) is 5.67. The summed E-state index contributed by atoms with van der Waals surface area (Å²) in [5.41, 5.74) is 3.00. The van der Waals surface area contributed by atoms with E-state index in [-0.39, 0.29) is 17.9 Å². The molecule has 5 nitrogen and oxygen atoms in total. The van der Waals surface area contributed by atoms with Gasteiger partial charge >= 0.3 is 0 Å². The summed E-state index contributed by atoms with van der Waals surface area (Å²) in [6, 6.07) is 15.1. The van der Waals surface area contributed by atoms with Crippen LogP contribution in [-0.4, -0.2) is 31.1 Å². The molecule has 1 saturated heterocycles. The molecule has 28 heavy (non-hydrogen) atoms. The number of hydrogen-bond donors (Lipinski definition) is 2. The first kappa shape index (κ1) is 18.7. The Morgan fingerprint density at radius 3 is 2.57 bits per heavy atom. The zero-order chi connectivity index (χ0) is 19.6. The highest BCUT2D eigenvalue weighted by Crippen LogP contribution is 2.48. The number of carbonyl (C=O) groups excluding carboxylic acids is 2. The molecule has 0 bridgehead atoms. The van der Waals surface area contributed by atoms with E-state index in [9.17, 15) is 9.59 Å². The van der Waals surface area contributed by atoms with E-state index in [1.54, 1.807) is 6.07 Å². The van der Waals surface area contributed by atoms with Crippen LogP contribution in [0.4, 0.5) is 5.69 Å². The second-order valence-corrected chi connectivity index (χ2v) is 7.83. The molecule has 1 saturated carbocycles. The number of aryl methyl sites for hydroxylation is 1. The van der Waals surface area contributed by atoms with E-state index in [0.717, 1.165) is 49.1 Å². The molecule has 1 aliphatic carbocycles. The van der Waals surface area contributed by atoms with Gasteiger partial charge in [0, 0.05) is 24.4 Å². The molecule has 0 aromatic heterocycles. The van der Waals surface area contributed by atoms with E-state index in [2.05, 4.69) is 10.6 Å². The zero-order valence-corrected chi connectivity index (χ0v) is 16.2. The smallest absolute Gasteiger partial charge is 0.255 e. The van der Waals surface area contributed by atoms with Crippen LogP contribution in [0.15, 0.2) is 48.5 Å². The Balaban J connectivity index is 1.38. The maximum absolute atomic E-state index is 12.7.